The van der Waals surface area contributed by atoms with Gasteiger partial charge in [-0.3, -0.25) is 0 Å². The number of hydrogen-bond donors (Lipinski definition) is 2. The SMILES string of the molecule is OCCCCCNc1ccc(Cc2cc3ccccc3c3ccccc23)cc1. The first-order chi connectivity index (χ1) is 13.8. The summed E-state index contributed by atoms with van der Waals surface area (Å²) >= 11 is 0. The smallest absolute Gasteiger partial charge is 0.0431 e. The molecule has 0 saturated carbocycles. The Bertz CT molecular complexity index is 1050. The van der Waals surface area contributed by atoms with Gasteiger partial charge in [0, 0.05) is 18.8 Å². The first-order valence-corrected chi connectivity index (χ1v) is 10.2. The van der Waals surface area contributed by atoms with Crippen molar-refractivity contribution >= 4 is 27.2 Å². The molecule has 28 heavy (non-hydrogen) atoms. The van der Waals surface area contributed by atoms with Crippen molar-refractivity contribution in [3.63, 3.8) is 0 Å². The van der Waals surface area contributed by atoms with E-state index in [1.165, 1.54) is 32.7 Å². The summed E-state index contributed by atoms with van der Waals surface area (Å²) in [4.78, 5) is 0. The van der Waals surface area contributed by atoms with E-state index in [1.807, 2.05) is 0 Å². The lowest BCUT2D eigenvalue weighted by Crippen LogP contribution is -2.02. The van der Waals surface area contributed by atoms with Gasteiger partial charge >= 0.3 is 0 Å². The highest BCUT2D eigenvalue weighted by Crippen LogP contribution is 2.30. The van der Waals surface area contributed by atoms with Crippen LogP contribution in [0.15, 0.2) is 78.9 Å². The molecular weight excluding hydrogens is 342 g/mol. The molecule has 2 N–H and O–H groups in total. The van der Waals surface area contributed by atoms with Crippen LogP contribution in [0, 0.1) is 0 Å². The lowest BCUT2D eigenvalue weighted by molar-refractivity contribution is 0.283. The molecule has 0 heterocycles. The minimum atomic E-state index is 0.290. The predicted octanol–water partition coefficient (Wildman–Crippen LogP) is 6.16. The van der Waals surface area contributed by atoms with Crippen LogP contribution in [0.1, 0.15) is 30.4 Å². The van der Waals surface area contributed by atoms with E-state index in [2.05, 4.69) is 84.2 Å². The largest absolute Gasteiger partial charge is 0.396 e. The zero-order chi connectivity index (χ0) is 19.2. The Morgan fingerprint density at radius 3 is 2.18 bits per heavy atom. The molecule has 0 aromatic heterocycles. The number of nitrogens with one attached hydrogen (secondary N) is 1. The maximum Gasteiger partial charge on any atom is 0.0431 e. The molecule has 4 rings (SSSR count). The number of anilines is 1. The number of aliphatic hydroxyl groups excluding tert-OH is 1. The van der Waals surface area contributed by atoms with Crippen molar-refractivity contribution in [1.29, 1.82) is 0 Å². The minimum absolute atomic E-state index is 0.290. The fraction of sp³-hybridized carbons (Fsp3) is 0.231. The summed E-state index contributed by atoms with van der Waals surface area (Å²) in [6, 6.07) is 28.5. The number of unbranched alkanes of at least 4 members (excludes halogenated alkanes) is 2. The van der Waals surface area contributed by atoms with Crippen LogP contribution in [0.4, 0.5) is 5.69 Å². The number of rotatable bonds is 8. The van der Waals surface area contributed by atoms with E-state index >= 15 is 0 Å². The monoisotopic (exact) mass is 369 g/mol. The molecule has 0 amide bonds. The van der Waals surface area contributed by atoms with Gasteiger partial charge in [-0.15, -0.1) is 0 Å². The Kier molecular flexibility index (Phi) is 5.89. The Balaban J connectivity index is 1.53. The lowest BCUT2D eigenvalue weighted by Gasteiger charge is -2.12. The van der Waals surface area contributed by atoms with E-state index < -0.39 is 0 Å². The van der Waals surface area contributed by atoms with E-state index in [1.54, 1.807) is 0 Å². The Morgan fingerprint density at radius 1 is 0.679 bits per heavy atom. The number of benzene rings is 4. The number of aliphatic hydroxyl groups is 1. The molecule has 0 fully saturated rings. The standard InChI is InChI=1S/C26H27NO/c28-17-7-1-6-16-27-23-14-12-20(13-15-23)18-22-19-21-8-2-3-9-24(21)26-11-5-4-10-25(22)26/h2-5,8-15,19,27-28H,1,6-7,16-18H2. The Morgan fingerprint density at radius 2 is 1.39 bits per heavy atom. The zero-order valence-electron chi connectivity index (χ0n) is 16.2. The Labute approximate surface area is 166 Å². The third-order valence-corrected chi connectivity index (χ3v) is 5.37. The van der Waals surface area contributed by atoms with Crippen LogP contribution in [0.5, 0.6) is 0 Å². The van der Waals surface area contributed by atoms with Crippen LogP contribution in [-0.4, -0.2) is 18.3 Å². The van der Waals surface area contributed by atoms with Gasteiger partial charge in [-0.2, -0.15) is 0 Å². The van der Waals surface area contributed by atoms with Gasteiger partial charge < -0.3 is 10.4 Å². The highest BCUT2D eigenvalue weighted by molar-refractivity contribution is 6.09. The predicted molar refractivity (Wildman–Crippen MR) is 120 cm³/mol. The summed E-state index contributed by atoms with van der Waals surface area (Å²) in [5.41, 5.74) is 3.86. The van der Waals surface area contributed by atoms with E-state index in [9.17, 15) is 0 Å². The van der Waals surface area contributed by atoms with E-state index in [0.717, 1.165) is 37.9 Å². The normalized spacial score (nSPS) is 11.2. The van der Waals surface area contributed by atoms with Crippen molar-refractivity contribution in [3.8, 4) is 0 Å². The van der Waals surface area contributed by atoms with Crippen LogP contribution in [0.25, 0.3) is 21.5 Å². The molecule has 4 aromatic carbocycles. The van der Waals surface area contributed by atoms with Gasteiger partial charge in [0.1, 0.15) is 0 Å². The first-order valence-electron chi connectivity index (χ1n) is 10.2. The van der Waals surface area contributed by atoms with Gasteiger partial charge in [0.05, 0.1) is 0 Å². The molecule has 0 aliphatic rings. The van der Waals surface area contributed by atoms with Crippen LogP contribution < -0.4 is 5.32 Å². The molecule has 142 valence electrons. The van der Waals surface area contributed by atoms with Crippen LogP contribution in [-0.2, 0) is 6.42 Å². The van der Waals surface area contributed by atoms with Crippen molar-refractivity contribution < 1.29 is 5.11 Å². The second-order valence-electron chi connectivity index (χ2n) is 7.39. The third-order valence-electron chi connectivity index (χ3n) is 5.37. The van der Waals surface area contributed by atoms with E-state index in [-0.39, 0.29) is 6.61 Å². The van der Waals surface area contributed by atoms with Crippen molar-refractivity contribution in [3.05, 3.63) is 90.0 Å². The van der Waals surface area contributed by atoms with Crippen LogP contribution in [0.3, 0.4) is 0 Å². The fourth-order valence-electron chi connectivity index (χ4n) is 3.88. The Hall–Kier alpha value is -2.84. The van der Waals surface area contributed by atoms with E-state index in [4.69, 9.17) is 5.11 Å². The third kappa shape index (κ3) is 4.18. The number of hydrogen-bond acceptors (Lipinski definition) is 2. The summed E-state index contributed by atoms with van der Waals surface area (Å²) in [5.74, 6) is 0. The second-order valence-corrected chi connectivity index (χ2v) is 7.39. The van der Waals surface area contributed by atoms with Gasteiger partial charge in [-0.25, -0.2) is 0 Å². The first kappa shape index (κ1) is 18.5. The molecule has 0 aliphatic heterocycles. The van der Waals surface area contributed by atoms with Gasteiger partial charge in [0.2, 0.25) is 0 Å². The molecule has 4 aromatic rings. The zero-order valence-corrected chi connectivity index (χ0v) is 16.2. The molecule has 2 nitrogen and oxygen atoms in total. The fourth-order valence-corrected chi connectivity index (χ4v) is 3.88. The molecule has 0 spiro atoms. The van der Waals surface area contributed by atoms with E-state index in [0.29, 0.717) is 0 Å². The molecule has 0 aliphatic carbocycles. The summed E-state index contributed by atoms with van der Waals surface area (Å²) in [6.07, 6.45) is 3.98. The summed E-state index contributed by atoms with van der Waals surface area (Å²) in [6.45, 7) is 1.24. The van der Waals surface area contributed by atoms with Crippen molar-refractivity contribution in [2.24, 2.45) is 0 Å². The average Bonchev–Trinajstić information content (AvgIpc) is 2.75. The summed E-state index contributed by atoms with van der Waals surface area (Å²) < 4.78 is 0. The van der Waals surface area contributed by atoms with Crippen molar-refractivity contribution in [1.82, 2.24) is 0 Å². The topological polar surface area (TPSA) is 32.3 Å². The summed E-state index contributed by atoms with van der Waals surface area (Å²) in [7, 11) is 0. The molecule has 0 unspecified atom stereocenters. The molecule has 0 radical (unpaired) electrons. The lowest BCUT2D eigenvalue weighted by atomic mass is 9.93. The molecule has 0 saturated heterocycles. The average molecular weight is 370 g/mol. The van der Waals surface area contributed by atoms with Gasteiger partial charge in [-0.05, 0) is 70.5 Å². The highest BCUT2D eigenvalue weighted by Gasteiger charge is 2.07. The maximum absolute atomic E-state index is 8.84. The van der Waals surface area contributed by atoms with Crippen LogP contribution in [0.2, 0.25) is 0 Å². The summed E-state index contributed by atoms with van der Waals surface area (Å²) in [5, 5.41) is 17.6. The second kappa shape index (κ2) is 8.90. The molecule has 0 atom stereocenters. The highest BCUT2D eigenvalue weighted by atomic mass is 16.2. The quantitative estimate of drug-likeness (QED) is 0.288. The van der Waals surface area contributed by atoms with Crippen molar-refractivity contribution in [2.45, 2.75) is 25.7 Å². The maximum atomic E-state index is 8.84. The van der Waals surface area contributed by atoms with Gasteiger partial charge in [0.15, 0.2) is 0 Å². The van der Waals surface area contributed by atoms with Crippen LogP contribution >= 0.6 is 0 Å². The van der Waals surface area contributed by atoms with Gasteiger partial charge in [-0.1, -0.05) is 66.7 Å². The minimum Gasteiger partial charge on any atom is -0.396 e. The van der Waals surface area contributed by atoms with Gasteiger partial charge in [0.25, 0.3) is 0 Å². The molecular formula is C26H27NO. The molecule has 2 heteroatoms. The molecule has 0 bridgehead atoms. The van der Waals surface area contributed by atoms with Crippen molar-refractivity contribution in [2.75, 3.05) is 18.5 Å². The number of fused-ring (bicyclic) bond motifs is 3.